The molecule has 0 radical (unpaired) electrons. The zero-order valence-electron chi connectivity index (χ0n) is 15.4. The highest BCUT2D eigenvalue weighted by atomic mass is 16.2. The second-order valence-corrected chi connectivity index (χ2v) is 6.25. The number of hydrogen-bond acceptors (Lipinski definition) is 2. The lowest BCUT2D eigenvalue weighted by atomic mass is 10.0. The first kappa shape index (κ1) is 20.2. The van der Waals surface area contributed by atoms with Crippen molar-refractivity contribution in [2.45, 2.75) is 65.7 Å². The number of unbranched alkanes of at least 4 members (excludes halogenated alkanes) is 4. The largest absolute Gasteiger partial charge is 0.352 e. The third-order valence-corrected chi connectivity index (χ3v) is 4.34. The quantitative estimate of drug-likeness (QED) is 0.574. The van der Waals surface area contributed by atoms with Crippen molar-refractivity contribution < 1.29 is 9.59 Å². The summed E-state index contributed by atoms with van der Waals surface area (Å²) in [5.74, 6) is 0.0355. The van der Waals surface area contributed by atoms with Crippen molar-refractivity contribution in [1.29, 1.82) is 0 Å². The van der Waals surface area contributed by atoms with Crippen LogP contribution >= 0.6 is 0 Å². The molecule has 0 aromatic heterocycles. The van der Waals surface area contributed by atoms with Crippen LogP contribution in [0.1, 0.15) is 76.1 Å². The van der Waals surface area contributed by atoms with E-state index in [9.17, 15) is 9.59 Å². The summed E-state index contributed by atoms with van der Waals surface area (Å²) in [6, 6.07) is 7.09. The number of carbonyl (C=O) groups is 2. The third kappa shape index (κ3) is 7.16. The Bertz CT molecular complexity index is 493. The Kier molecular flexibility index (Phi) is 9.81. The van der Waals surface area contributed by atoms with Crippen molar-refractivity contribution in [3.8, 4) is 0 Å². The summed E-state index contributed by atoms with van der Waals surface area (Å²) in [6.07, 6.45) is 7.58. The van der Waals surface area contributed by atoms with E-state index in [0.29, 0.717) is 5.56 Å². The van der Waals surface area contributed by atoms with E-state index in [1.807, 2.05) is 13.8 Å². The number of amides is 2. The fourth-order valence-electron chi connectivity index (χ4n) is 2.64. The predicted molar refractivity (Wildman–Crippen MR) is 100 cm³/mol. The highest BCUT2D eigenvalue weighted by Crippen LogP contribution is 2.14. The summed E-state index contributed by atoms with van der Waals surface area (Å²) in [5, 5.41) is 5.86. The molecule has 0 aliphatic carbocycles. The van der Waals surface area contributed by atoms with Crippen LogP contribution in [0.25, 0.3) is 0 Å². The zero-order chi connectivity index (χ0) is 17.8. The smallest absolute Gasteiger partial charge is 0.251 e. The Hall–Kier alpha value is -1.84. The van der Waals surface area contributed by atoms with Gasteiger partial charge in [-0.15, -0.1) is 0 Å². The summed E-state index contributed by atoms with van der Waals surface area (Å²) >= 11 is 0. The Morgan fingerprint density at radius 2 is 1.54 bits per heavy atom. The standard InChI is InChI=1S/C20H32N2O2/c1-4-7-8-9-10-15-21-19(23)17-11-13-18(14-12-17)22-20(24)16(5-2)6-3/h11-14,16H,4-10,15H2,1-3H3,(H,21,23)(H,22,24). The fraction of sp³-hybridized carbons (Fsp3) is 0.600. The number of hydrogen-bond donors (Lipinski definition) is 2. The van der Waals surface area contributed by atoms with Gasteiger partial charge in [-0.25, -0.2) is 0 Å². The molecule has 0 spiro atoms. The first-order chi connectivity index (χ1) is 11.6. The summed E-state index contributed by atoms with van der Waals surface area (Å²) in [6.45, 7) is 6.95. The van der Waals surface area contributed by atoms with Gasteiger partial charge in [-0.3, -0.25) is 9.59 Å². The normalized spacial score (nSPS) is 10.7. The second-order valence-electron chi connectivity index (χ2n) is 6.25. The third-order valence-electron chi connectivity index (χ3n) is 4.34. The monoisotopic (exact) mass is 332 g/mol. The molecule has 1 aromatic carbocycles. The first-order valence-electron chi connectivity index (χ1n) is 9.31. The van der Waals surface area contributed by atoms with Crippen LogP contribution in [0.15, 0.2) is 24.3 Å². The predicted octanol–water partition coefficient (Wildman–Crippen LogP) is 4.76. The molecule has 0 saturated heterocycles. The SMILES string of the molecule is CCCCCCCNC(=O)c1ccc(NC(=O)C(CC)CC)cc1. The number of anilines is 1. The lowest BCUT2D eigenvalue weighted by Crippen LogP contribution is -2.24. The van der Waals surface area contributed by atoms with Gasteiger partial charge in [0.05, 0.1) is 0 Å². The summed E-state index contributed by atoms with van der Waals surface area (Å²) in [4.78, 5) is 24.1. The van der Waals surface area contributed by atoms with Crippen molar-refractivity contribution in [2.75, 3.05) is 11.9 Å². The molecule has 4 nitrogen and oxygen atoms in total. The van der Waals surface area contributed by atoms with Gasteiger partial charge in [0.25, 0.3) is 5.91 Å². The molecular formula is C20H32N2O2. The maximum absolute atomic E-state index is 12.1. The minimum Gasteiger partial charge on any atom is -0.352 e. The van der Waals surface area contributed by atoms with Gasteiger partial charge in [0.15, 0.2) is 0 Å². The molecule has 0 bridgehead atoms. The summed E-state index contributed by atoms with van der Waals surface area (Å²) in [5.41, 5.74) is 1.37. The van der Waals surface area contributed by atoms with Crippen LogP contribution in [0.5, 0.6) is 0 Å². The summed E-state index contributed by atoms with van der Waals surface area (Å²) in [7, 11) is 0. The Morgan fingerprint density at radius 1 is 0.917 bits per heavy atom. The van der Waals surface area contributed by atoms with Crippen LogP contribution in [0.2, 0.25) is 0 Å². The van der Waals surface area contributed by atoms with Crippen molar-refractivity contribution in [2.24, 2.45) is 5.92 Å². The van der Waals surface area contributed by atoms with E-state index >= 15 is 0 Å². The van der Waals surface area contributed by atoms with Gasteiger partial charge < -0.3 is 10.6 Å². The summed E-state index contributed by atoms with van der Waals surface area (Å²) < 4.78 is 0. The van der Waals surface area contributed by atoms with Crippen LogP contribution in [0.3, 0.4) is 0 Å². The van der Waals surface area contributed by atoms with Crippen LogP contribution in [0.4, 0.5) is 5.69 Å². The van der Waals surface area contributed by atoms with E-state index < -0.39 is 0 Å². The number of carbonyl (C=O) groups excluding carboxylic acids is 2. The number of benzene rings is 1. The van der Waals surface area contributed by atoms with Crippen LogP contribution in [-0.2, 0) is 4.79 Å². The van der Waals surface area contributed by atoms with Crippen molar-refractivity contribution >= 4 is 17.5 Å². The van der Waals surface area contributed by atoms with E-state index in [2.05, 4.69) is 17.6 Å². The average molecular weight is 332 g/mol. The maximum Gasteiger partial charge on any atom is 0.251 e. The Labute approximate surface area is 146 Å². The van der Waals surface area contributed by atoms with Gasteiger partial charge in [-0.2, -0.15) is 0 Å². The van der Waals surface area contributed by atoms with Crippen LogP contribution < -0.4 is 10.6 Å². The Balaban J connectivity index is 2.40. The van der Waals surface area contributed by atoms with Crippen LogP contribution in [-0.4, -0.2) is 18.4 Å². The molecule has 0 unspecified atom stereocenters. The lowest BCUT2D eigenvalue weighted by molar-refractivity contribution is -0.120. The molecular weight excluding hydrogens is 300 g/mol. The van der Waals surface area contributed by atoms with Crippen LogP contribution in [0, 0.1) is 5.92 Å². The van der Waals surface area contributed by atoms with Gasteiger partial charge >= 0.3 is 0 Å². The van der Waals surface area contributed by atoms with E-state index in [-0.39, 0.29) is 17.7 Å². The van der Waals surface area contributed by atoms with Crippen molar-refractivity contribution in [3.63, 3.8) is 0 Å². The highest BCUT2D eigenvalue weighted by Gasteiger charge is 2.14. The van der Waals surface area contributed by atoms with Gasteiger partial charge in [-0.1, -0.05) is 46.5 Å². The minimum absolute atomic E-state index is 0.0423. The van der Waals surface area contributed by atoms with E-state index in [4.69, 9.17) is 0 Å². The van der Waals surface area contributed by atoms with Gasteiger partial charge in [0.2, 0.25) is 5.91 Å². The molecule has 1 aromatic rings. The van der Waals surface area contributed by atoms with Gasteiger partial charge in [-0.05, 0) is 43.5 Å². The molecule has 0 aliphatic rings. The molecule has 1 rings (SSSR count). The molecule has 0 heterocycles. The highest BCUT2D eigenvalue weighted by molar-refractivity contribution is 5.96. The van der Waals surface area contributed by atoms with Gasteiger partial charge in [0.1, 0.15) is 0 Å². The molecule has 24 heavy (non-hydrogen) atoms. The fourth-order valence-corrected chi connectivity index (χ4v) is 2.64. The molecule has 4 heteroatoms. The molecule has 0 atom stereocenters. The number of rotatable bonds is 11. The first-order valence-corrected chi connectivity index (χ1v) is 9.31. The van der Waals surface area contributed by atoms with E-state index in [1.54, 1.807) is 24.3 Å². The minimum atomic E-state index is -0.0524. The average Bonchev–Trinajstić information content (AvgIpc) is 2.59. The molecule has 134 valence electrons. The molecule has 0 saturated carbocycles. The van der Waals surface area contributed by atoms with E-state index in [0.717, 1.165) is 37.9 Å². The second kappa shape index (κ2) is 11.7. The Morgan fingerprint density at radius 3 is 2.12 bits per heavy atom. The molecule has 2 N–H and O–H groups in total. The van der Waals surface area contributed by atoms with E-state index in [1.165, 1.54) is 19.3 Å². The zero-order valence-corrected chi connectivity index (χ0v) is 15.4. The number of nitrogens with one attached hydrogen (secondary N) is 2. The molecule has 2 amide bonds. The van der Waals surface area contributed by atoms with Crippen molar-refractivity contribution in [3.05, 3.63) is 29.8 Å². The molecule has 0 fully saturated rings. The van der Waals surface area contributed by atoms with Gasteiger partial charge in [0, 0.05) is 23.7 Å². The topological polar surface area (TPSA) is 58.2 Å². The molecule has 0 aliphatic heterocycles. The lowest BCUT2D eigenvalue weighted by Gasteiger charge is -2.13. The van der Waals surface area contributed by atoms with Crippen molar-refractivity contribution in [1.82, 2.24) is 5.32 Å². The maximum atomic E-state index is 12.1.